The number of aliphatic hydroxyl groups is 1. The van der Waals surface area contributed by atoms with Crippen LogP contribution in [0.1, 0.15) is 21.8 Å². The Morgan fingerprint density at radius 1 is 1.20 bits per heavy atom. The molecule has 8 heteroatoms. The number of hydrogen-bond donors (Lipinski definition) is 2. The number of ether oxygens (including phenoxy) is 1. The first kappa shape index (κ1) is 16.6. The molecule has 2 N–H and O–H groups in total. The van der Waals surface area contributed by atoms with E-state index in [1.807, 2.05) is 0 Å². The van der Waals surface area contributed by atoms with Crippen LogP contribution >= 0.6 is 0 Å². The van der Waals surface area contributed by atoms with E-state index < -0.39 is 5.97 Å². The van der Waals surface area contributed by atoms with Crippen molar-refractivity contribution in [3.63, 3.8) is 0 Å². The molecule has 2 heterocycles. The first-order chi connectivity index (χ1) is 12.1. The Morgan fingerprint density at radius 3 is 2.56 bits per heavy atom. The summed E-state index contributed by atoms with van der Waals surface area (Å²) in [5.41, 5.74) is 1.46. The van der Waals surface area contributed by atoms with Crippen LogP contribution in [0.5, 0.6) is 5.75 Å². The maximum absolute atomic E-state index is 13.1. The number of pyridine rings is 1. The summed E-state index contributed by atoms with van der Waals surface area (Å²) in [6, 6.07) is 8.46. The Labute approximate surface area is 141 Å². The third-order valence-corrected chi connectivity index (χ3v) is 3.47. The lowest BCUT2D eigenvalue weighted by molar-refractivity contribution is 0.0690. The molecule has 0 radical (unpaired) electrons. The summed E-state index contributed by atoms with van der Waals surface area (Å²) in [5.74, 6) is -0.932. The summed E-state index contributed by atoms with van der Waals surface area (Å²) < 4.78 is 23.8. The van der Waals surface area contributed by atoms with E-state index in [-0.39, 0.29) is 30.5 Å². The second-order valence-corrected chi connectivity index (χ2v) is 5.07. The number of carboxylic acids is 1. The second kappa shape index (κ2) is 7.10. The maximum Gasteiger partial charge on any atom is 0.354 e. The van der Waals surface area contributed by atoms with Crippen LogP contribution in [-0.2, 0) is 13.2 Å². The minimum Gasteiger partial charge on any atom is -0.487 e. The number of aliphatic hydroxyl groups excluding tert-OH is 1. The summed E-state index contributed by atoms with van der Waals surface area (Å²) in [4.78, 5) is 14.5. The van der Waals surface area contributed by atoms with Crippen molar-refractivity contribution in [3.05, 3.63) is 65.4 Å². The molecule has 0 aliphatic heterocycles. The molecular weight excluding hydrogens is 331 g/mol. The van der Waals surface area contributed by atoms with E-state index in [1.54, 1.807) is 12.1 Å². The zero-order chi connectivity index (χ0) is 17.8. The van der Waals surface area contributed by atoms with Gasteiger partial charge >= 0.3 is 5.97 Å². The number of halogens is 1. The lowest BCUT2D eigenvalue weighted by Crippen LogP contribution is -2.02. The molecular formula is C17H13FN2O5. The molecule has 128 valence electrons. The first-order valence-corrected chi connectivity index (χ1v) is 7.25. The van der Waals surface area contributed by atoms with E-state index in [2.05, 4.69) is 10.1 Å². The van der Waals surface area contributed by atoms with E-state index in [4.69, 9.17) is 14.4 Å². The third-order valence-electron chi connectivity index (χ3n) is 3.47. The van der Waals surface area contributed by atoms with Crippen molar-refractivity contribution in [1.29, 1.82) is 0 Å². The topological polar surface area (TPSA) is 106 Å². The van der Waals surface area contributed by atoms with Crippen LogP contribution in [0.25, 0.3) is 11.3 Å². The van der Waals surface area contributed by atoms with E-state index >= 15 is 0 Å². The van der Waals surface area contributed by atoms with Crippen molar-refractivity contribution < 1.29 is 28.7 Å². The summed E-state index contributed by atoms with van der Waals surface area (Å²) in [6.07, 6.45) is 1.28. The van der Waals surface area contributed by atoms with Gasteiger partial charge in [0.05, 0.1) is 11.8 Å². The Kier molecular flexibility index (Phi) is 4.71. The van der Waals surface area contributed by atoms with Gasteiger partial charge in [0.1, 0.15) is 36.2 Å². The van der Waals surface area contributed by atoms with Gasteiger partial charge in [-0.25, -0.2) is 14.2 Å². The molecule has 3 rings (SSSR count). The highest BCUT2D eigenvalue weighted by atomic mass is 19.1. The maximum atomic E-state index is 13.1. The molecule has 3 aromatic rings. The Morgan fingerprint density at radius 2 is 1.96 bits per heavy atom. The van der Waals surface area contributed by atoms with Crippen molar-refractivity contribution in [1.82, 2.24) is 10.1 Å². The largest absolute Gasteiger partial charge is 0.487 e. The Bertz CT molecular complexity index is 875. The highest BCUT2D eigenvalue weighted by molar-refractivity contribution is 5.85. The van der Waals surface area contributed by atoms with Crippen LogP contribution in [0.3, 0.4) is 0 Å². The summed E-state index contributed by atoms with van der Waals surface area (Å²) in [7, 11) is 0. The zero-order valence-electron chi connectivity index (χ0n) is 12.8. The number of nitrogens with zero attached hydrogens (tertiary/aromatic N) is 2. The quantitative estimate of drug-likeness (QED) is 0.708. The Balaban J connectivity index is 1.82. The molecule has 7 nitrogen and oxygen atoms in total. The van der Waals surface area contributed by atoms with E-state index in [9.17, 15) is 14.3 Å². The molecule has 0 fully saturated rings. The average Bonchev–Trinajstić information content (AvgIpc) is 3.04. The predicted molar refractivity (Wildman–Crippen MR) is 83.3 cm³/mol. The van der Waals surface area contributed by atoms with Gasteiger partial charge in [0, 0.05) is 5.56 Å². The molecule has 0 saturated carbocycles. The van der Waals surface area contributed by atoms with Gasteiger partial charge in [0.15, 0.2) is 5.76 Å². The normalized spacial score (nSPS) is 10.6. The van der Waals surface area contributed by atoms with Crippen LogP contribution in [0.15, 0.2) is 47.1 Å². The molecule has 1 aromatic carbocycles. The minimum atomic E-state index is -1.13. The predicted octanol–water partition coefficient (Wildman–Crippen LogP) is 2.65. The van der Waals surface area contributed by atoms with Crippen LogP contribution in [-0.4, -0.2) is 26.3 Å². The number of benzene rings is 1. The molecule has 0 bridgehead atoms. The van der Waals surface area contributed by atoms with Gasteiger partial charge in [-0.3, -0.25) is 0 Å². The molecule has 25 heavy (non-hydrogen) atoms. The van der Waals surface area contributed by atoms with Crippen molar-refractivity contribution >= 4 is 5.97 Å². The van der Waals surface area contributed by atoms with Gasteiger partial charge in [0.25, 0.3) is 0 Å². The molecule has 2 aromatic heterocycles. The van der Waals surface area contributed by atoms with Crippen molar-refractivity contribution in [2.45, 2.75) is 13.2 Å². The molecule has 0 atom stereocenters. The summed E-state index contributed by atoms with van der Waals surface area (Å²) in [6.45, 7) is -0.358. The number of carboxylic acid groups (broad SMARTS) is 1. The average molecular weight is 344 g/mol. The Hall–Kier alpha value is -3.26. The van der Waals surface area contributed by atoms with Gasteiger partial charge < -0.3 is 19.5 Å². The summed E-state index contributed by atoms with van der Waals surface area (Å²) in [5, 5.41) is 22.1. The standard InChI is InChI=1S/C17H13FN2O5/c18-11-3-1-10(2-4-11)16-13(15(8-21)25-20-16)9-24-12-5-6-14(17(22)23)19-7-12/h1-7,21H,8-9H2,(H,22,23). The van der Waals surface area contributed by atoms with Crippen LogP contribution in [0.2, 0.25) is 0 Å². The lowest BCUT2D eigenvalue weighted by atomic mass is 10.1. The molecule has 0 unspecified atom stereocenters. The monoisotopic (exact) mass is 344 g/mol. The highest BCUT2D eigenvalue weighted by Crippen LogP contribution is 2.27. The van der Waals surface area contributed by atoms with Crippen molar-refractivity contribution in [2.75, 3.05) is 0 Å². The van der Waals surface area contributed by atoms with E-state index in [1.165, 1.54) is 30.5 Å². The van der Waals surface area contributed by atoms with Crippen LogP contribution in [0.4, 0.5) is 4.39 Å². The fraction of sp³-hybridized carbons (Fsp3) is 0.118. The zero-order valence-corrected chi connectivity index (χ0v) is 12.8. The van der Waals surface area contributed by atoms with E-state index in [0.717, 1.165) is 0 Å². The van der Waals surface area contributed by atoms with E-state index in [0.29, 0.717) is 22.6 Å². The van der Waals surface area contributed by atoms with Crippen LogP contribution < -0.4 is 4.74 Å². The van der Waals surface area contributed by atoms with Gasteiger partial charge in [-0.05, 0) is 36.4 Å². The highest BCUT2D eigenvalue weighted by Gasteiger charge is 2.18. The third kappa shape index (κ3) is 3.64. The van der Waals surface area contributed by atoms with Gasteiger partial charge in [0.2, 0.25) is 0 Å². The number of carbonyl (C=O) groups is 1. The second-order valence-electron chi connectivity index (χ2n) is 5.07. The molecule has 0 amide bonds. The fourth-order valence-corrected chi connectivity index (χ4v) is 2.20. The number of aromatic carboxylic acids is 1. The number of aromatic nitrogens is 2. The van der Waals surface area contributed by atoms with Crippen molar-refractivity contribution in [2.24, 2.45) is 0 Å². The minimum absolute atomic E-state index is 0.0141. The van der Waals surface area contributed by atoms with Crippen LogP contribution in [0, 0.1) is 5.82 Å². The van der Waals surface area contributed by atoms with Gasteiger partial charge in [-0.15, -0.1) is 0 Å². The summed E-state index contributed by atoms with van der Waals surface area (Å²) >= 11 is 0. The fourth-order valence-electron chi connectivity index (χ4n) is 2.20. The smallest absolute Gasteiger partial charge is 0.354 e. The van der Waals surface area contributed by atoms with Gasteiger partial charge in [-0.1, -0.05) is 5.16 Å². The molecule has 0 aliphatic carbocycles. The molecule has 0 saturated heterocycles. The lowest BCUT2D eigenvalue weighted by Gasteiger charge is -2.07. The SMILES string of the molecule is O=C(O)c1ccc(OCc2c(-c3ccc(F)cc3)noc2CO)cn1. The van der Waals surface area contributed by atoms with Gasteiger partial charge in [-0.2, -0.15) is 0 Å². The number of hydrogen-bond acceptors (Lipinski definition) is 6. The molecule has 0 aliphatic rings. The number of rotatable bonds is 6. The van der Waals surface area contributed by atoms with Crippen molar-refractivity contribution in [3.8, 4) is 17.0 Å². The first-order valence-electron chi connectivity index (χ1n) is 7.25. The molecule has 0 spiro atoms.